The number of halogens is 1. The summed E-state index contributed by atoms with van der Waals surface area (Å²) in [5.41, 5.74) is 0.296. The minimum Gasteiger partial charge on any atom is -0.495 e. The van der Waals surface area contributed by atoms with E-state index >= 15 is 0 Å². The van der Waals surface area contributed by atoms with Gasteiger partial charge < -0.3 is 9.64 Å². The number of anilines is 2. The van der Waals surface area contributed by atoms with Gasteiger partial charge in [-0.1, -0.05) is 11.6 Å². The predicted octanol–water partition coefficient (Wildman–Crippen LogP) is 2.54. The Hall–Kier alpha value is -2.06. The Morgan fingerprint density at radius 3 is 2.46 bits per heavy atom. The molecule has 0 spiro atoms. The van der Waals surface area contributed by atoms with Gasteiger partial charge in [0.15, 0.2) is 0 Å². The molecular formula is C15H17ClN4O3S. The third-order valence-corrected chi connectivity index (χ3v) is 5.39. The quantitative estimate of drug-likeness (QED) is 0.873. The molecule has 128 valence electrons. The van der Waals surface area contributed by atoms with Crippen LogP contribution >= 0.6 is 11.6 Å². The van der Waals surface area contributed by atoms with Crippen molar-refractivity contribution in [3.63, 3.8) is 0 Å². The predicted molar refractivity (Wildman–Crippen MR) is 92.3 cm³/mol. The first kappa shape index (κ1) is 16.8. The van der Waals surface area contributed by atoms with Gasteiger partial charge in [0, 0.05) is 13.1 Å². The van der Waals surface area contributed by atoms with Crippen LogP contribution in [0.2, 0.25) is 5.02 Å². The van der Waals surface area contributed by atoms with E-state index in [-0.39, 0.29) is 9.92 Å². The molecule has 2 heterocycles. The van der Waals surface area contributed by atoms with E-state index in [0.717, 1.165) is 25.9 Å². The third-order valence-electron chi connectivity index (χ3n) is 3.71. The van der Waals surface area contributed by atoms with Crippen molar-refractivity contribution in [1.29, 1.82) is 0 Å². The maximum absolute atomic E-state index is 12.4. The van der Waals surface area contributed by atoms with Crippen LogP contribution in [0.15, 0.2) is 35.5 Å². The zero-order valence-electron chi connectivity index (χ0n) is 13.1. The van der Waals surface area contributed by atoms with Crippen LogP contribution in [0.5, 0.6) is 5.75 Å². The van der Waals surface area contributed by atoms with Crippen LogP contribution in [0.4, 0.5) is 11.6 Å². The Morgan fingerprint density at radius 1 is 1.21 bits per heavy atom. The summed E-state index contributed by atoms with van der Waals surface area (Å²) in [4.78, 5) is 10.6. The van der Waals surface area contributed by atoms with Crippen molar-refractivity contribution in [2.45, 2.75) is 17.7 Å². The number of benzene rings is 1. The molecule has 1 aromatic carbocycles. The fourth-order valence-corrected chi connectivity index (χ4v) is 3.86. The van der Waals surface area contributed by atoms with E-state index < -0.39 is 10.0 Å². The highest BCUT2D eigenvalue weighted by molar-refractivity contribution is 7.92. The number of methoxy groups -OCH3 is 1. The second kappa shape index (κ2) is 6.82. The Kier molecular flexibility index (Phi) is 4.77. The van der Waals surface area contributed by atoms with Crippen LogP contribution in [0.1, 0.15) is 12.8 Å². The van der Waals surface area contributed by atoms with Crippen molar-refractivity contribution in [1.82, 2.24) is 9.97 Å². The highest BCUT2D eigenvalue weighted by atomic mass is 35.5. The number of rotatable bonds is 5. The lowest BCUT2D eigenvalue weighted by molar-refractivity contribution is 0.414. The van der Waals surface area contributed by atoms with Gasteiger partial charge in [-0.2, -0.15) is 0 Å². The Morgan fingerprint density at radius 2 is 1.88 bits per heavy atom. The first-order valence-electron chi connectivity index (χ1n) is 7.43. The summed E-state index contributed by atoms with van der Waals surface area (Å²) in [6.07, 6.45) is 5.17. The van der Waals surface area contributed by atoms with Gasteiger partial charge in [0.05, 0.1) is 35.1 Å². The lowest BCUT2D eigenvalue weighted by Gasteiger charge is -2.15. The summed E-state index contributed by atoms with van der Waals surface area (Å²) >= 11 is 5.98. The van der Waals surface area contributed by atoms with Gasteiger partial charge >= 0.3 is 0 Å². The summed E-state index contributed by atoms with van der Waals surface area (Å²) < 4.78 is 32.3. The third kappa shape index (κ3) is 3.54. The highest BCUT2D eigenvalue weighted by Gasteiger charge is 2.18. The molecule has 24 heavy (non-hydrogen) atoms. The SMILES string of the molecule is COc1ccc(S(=O)(=O)Nc2cnc(N3CCCC3)nc2)cc1Cl. The molecule has 9 heteroatoms. The largest absolute Gasteiger partial charge is 0.495 e. The van der Waals surface area contributed by atoms with Crippen molar-refractivity contribution in [2.24, 2.45) is 0 Å². The molecule has 1 N–H and O–H groups in total. The molecule has 0 atom stereocenters. The van der Waals surface area contributed by atoms with Gasteiger partial charge in [0.1, 0.15) is 5.75 Å². The maximum Gasteiger partial charge on any atom is 0.262 e. The lowest BCUT2D eigenvalue weighted by atomic mass is 10.3. The standard InChI is InChI=1S/C15H17ClN4O3S/c1-23-14-5-4-12(8-13(14)16)24(21,22)19-11-9-17-15(18-10-11)20-6-2-3-7-20/h4-5,8-10,19H,2-3,6-7H2,1H3. The van der Waals surface area contributed by atoms with Crippen molar-refractivity contribution in [3.05, 3.63) is 35.6 Å². The van der Waals surface area contributed by atoms with Gasteiger partial charge in [0.25, 0.3) is 10.0 Å². The number of hydrogen-bond acceptors (Lipinski definition) is 6. The smallest absolute Gasteiger partial charge is 0.262 e. The molecule has 0 bridgehead atoms. The molecule has 0 saturated carbocycles. The number of nitrogens with one attached hydrogen (secondary N) is 1. The number of aromatic nitrogens is 2. The second-order valence-corrected chi connectivity index (χ2v) is 7.46. The van der Waals surface area contributed by atoms with E-state index in [1.165, 1.54) is 37.7 Å². The molecular weight excluding hydrogens is 352 g/mol. The Bertz CT molecular complexity index is 821. The van der Waals surface area contributed by atoms with Gasteiger partial charge in [0.2, 0.25) is 5.95 Å². The fourth-order valence-electron chi connectivity index (χ4n) is 2.48. The molecule has 0 radical (unpaired) electrons. The molecule has 0 unspecified atom stereocenters. The topological polar surface area (TPSA) is 84.4 Å². The monoisotopic (exact) mass is 368 g/mol. The normalized spacial score (nSPS) is 14.7. The Balaban J connectivity index is 1.77. The number of ether oxygens (including phenoxy) is 1. The Labute approximate surface area is 145 Å². The van der Waals surface area contributed by atoms with Crippen LogP contribution < -0.4 is 14.4 Å². The molecule has 7 nitrogen and oxygen atoms in total. The van der Waals surface area contributed by atoms with Crippen LogP contribution in [0, 0.1) is 0 Å². The summed E-state index contributed by atoms with van der Waals surface area (Å²) in [5, 5.41) is 0.223. The van der Waals surface area contributed by atoms with Gasteiger partial charge in [-0.15, -0.1) is 0 Å². The van der Waals surface area contributed by atoms with Crippen molar-refractivity contribution in [3.8, 4) is 5.75 Å². The van der Waals surface area contributed by atoms with Gasteiger partial charge in [-0.25, -0.2) is 18.4 Å². The average Bonchev–Trinajstić information content (AvgIpc) is 3.09. The highest BCUT2D eigenvalue weighted by Crippen LogP contribution is 2.27. The van der Waals surface area contributed by atoms with Gasteiger partial charge in [-0.3, -0.25) is 4.72 Å². The maximum atomic E-state index is 12.4. The van der Waals surface area contributed by atoms with Crippen molar-refractivity contribution >= 4 is 33.3 Å². The minimum absolute atomic E-state index is 0.0388. The molecule has 1 aromatic heterocycles. The van der Waals surface area contributed by atoms with E-state index in [4.69, 9.17) is 16.3 Å². The van der Waals surface area contributed by atoms with E-state index in [9.17, 15) is 8.42 Å². The number of sulfonamides is 1. The first-order chi connectivity index (χ1) is 11.5. The minimum atomic E-state index is -3.78. The zero-order valence-corrected chi connectivity index (χ0v) is 14.6. The molecule has 1 saturated heterocycles. The van der Waals surface area contributed by atoms with Crippen molar-refractivity contribution in [2.75, 3.05) is 29.8 Å². The molecule has 3 rings (SSSR count). The molecule has 1 aliphatic rings. The first-order valence-corrected chi connectivity index (χ1v) is 9.29. The average molecular weight is 369 g/mol. The van der Waals surface area contributed by atoms with Gasteiger partial charge in [-0.05, 0) is 31.0 Å². The van der Waals surface area contributed by atoms with Crippen LogP contribution in [0.3, 0.4) is 0 Å². The molecule has 2 aromatic rings. The van der Waals surface area contributed by atoms with E-state index in [2.05, 4.69) is 19.6 Å². The summed E-state index contributed by atoms with van der Waals surface area (Å²) in [7, 11) is -2.31. The zero-order chi connectivity index (χ0) is 17.2. The van der Waals surface area contributed by atoms with Crippen LogP contribution in [0.25, 0.3) is 0 Å². The number of hydrogen-bond donors (Lipinski definition) is 1. The second-order valence-electron chi connectivity index (χ2n) is 5.37. The fraction of sp³-hybridized carbons (Fsp3) is 0.333. The van der Waals surface area contributed by atoms with Crippen LogP contribution in [-0.2, 0) is 10.0 Å². The van der Waals surface area contributed by atoms with Crippen molar-refractivity contribution < 1.29 is 13.2 Å². The molecule has 0 amide bonds. The summed E-state index contributed by atoms with van der Waals surface area (Å²) in [6.45, 7) is 1.85. The molecule has 1 aliphatic heterocycles. The van der Waals surface area contributed by atoms with E-state index in [0.29, 0.717) is 17.4 Å². The summed E-state index contributed by atoms with van der Waals surface area (Å²) in [6, 6.07) is 4.26. The van der Waals surface area contributed by atoms with Crippen LogP contribution in [-0.4, -0.2) is 38.6 Å². The molecule has 1 fully saturated rings. The summed E-state index contributed by atoms with van der Waals surface area (Å²) in [5.74, 6) is 1.02. The molecule has 0 aliphatic carbocycles. The van der Waals surface area contributed by atoms with E-state index in [1.807, 2.05) is 0 Å². The lowest BCUT2D eigenvalue weighted by Crippen LogP contribution is -2.20. The van der Waals surface area contributed by atoms with E-state index in [1.54, 1.807) is 0 Å². The number of nitrogens with zero attached hydrogens (tertiary/aromatic N) is 3.